The first kappa shape index (κ1) is 18.9. The predicted octanol–water partition coefficient (Wildman–Crippen LogP) is 2.66. The monoisotopic (exact) mass is 377 g/mol. The fourth-order valence-corrected chi connectivity index (χ4v) is 3.49. The second-order valence-electron chi connectivity index (χ2n) is 7.89. The van der Waals surface area contributed by atoms with Crippen molar-refractivity contribution in [2.45, 2.75) is 51.8 Å². The van der Waals surface area contributed by atoms with Crippen LogP contribution >= 0.6 is 0 Å². The van der Waals surface area contributed by atoms with Gasteiger partial charge in [0.05, 0.1) is 10.5 Å². The van der Waals surface area contributed by atoms with Crippen molar-refractivity contribution in [3.8, 4) is 5.75 Å². The maximum Gasteiger partial charge on any atom is 0.410 e. The molecule has 0 saturated carbocycles. The Kier molecular flexibility index (Phi) is 4.71. The minimum absolute atomic E-state index is 0.0650. The summed E-state index contributed by atoms with van der Waals surface area (Å²) in [5.41, 5.74) is -0.188. The van der Waals surface area contributed by atoms with Gasteiger partial charge in [0.1, 0.15) is 5.60 Å². The quantitative estimate of drug-likeness (QED) is 0.626. The molecule has 0 bridgehead atoms. The molecule has 9 heteroatoms. The van der Waals surface area contributed by atoms with Gasteiger partial charge in [-0.1, -0.05) is 0 Å². The van der Waals surface area contributed by atoms with Crippen LogP contribution in [0, 0.1) is 10.1 Å². The van der Waals surface area contributed by atoms with E-state index in [0.29, 0.717) is 38.0 Å². The molecule has 2 amide bonds. The number of benzene rings is 1. The van der Waals surface area contributed by atoms with E-state index in [1.807, 2.05) is 20.8 Å². The van der Waals surface area contributed by atoms with Crippen LogP contribution in [0.1, 0.15) is 49.5 Å². The van der Waals surface area contributed by atoms with Gasteiger partial charge in [-0.2, -0.15) is 0 Å². The summed E-state index contributed by atoms with van der Waals surface area (Å²) < 4.78 is 5.37. The van der Waals surface area contributed by atoms with Gasteiger partial charge in [0.15, 0.2) is 5.75 Å². The van der Waals surface area contributed by atoms with Crippen molar-refractivity contribution in [1.29, 1.82) is 0 Å². The summed E-state index contributed by atoms with van der Waals surface area (Å²) in [4.78, 5) is 38.4. The Hall–Kier alpha value is -2.84. The van der Waals surface area contributed by atoms with Crippen LogP contribution in [0.25, 0.3) is 0 Å². The summed E-state index contributed by atoms with van der Waals surface area (Å²) >= 11 is 0. The van der Waals surface area contributed by atoms with Crippen molar-refractivity contribution in [3.63, 3.8) is 0 Å². The standard InChI is InChI=1S/C18H23N3O6/c1-18(2,3)27-17(24)19-6-4-12(5-7-19)20-10-11-8-15(22)14(21(25)26)9-13(11)16(20)23/h8-9,12,22H,4-7,10H2,1-3H3. The first-order valence-corrected chi connectivity index (χ1v) is 8.86. The minimum atomic E-state index is -0.703. The molecule has 146 valence electrons. The van der Waals surface area contributed by atoms with E-state index in [2.05, 4.69) is 0 Å². The molecule has 3 rings (SSSR count). The number of aromatic hydroxyl groups is 1. The van der Waals surface area contributed by atoms with Gasteiger partial charge < -0.3 is 19.6 Å². The van der Waals surface area contributed by atoms with E-state index in [9.17, 15) is 24.8 Å². The summed E-state index contributed by atoms with van der Waals surface area (Å²) in [5, 5.41) is 20.8. The van der Waals surface area contributed by atoms with Crippen LogP contribution in [0.15, 0.2) is 12.1 Å². The number of phenolic OH excluding ortho intramolecular Hbond substituents is 1. The zero-order chi connectivity index (χ0) is 19.9. The molecule has 2 aliphatic rings. The van der Waals surface area contributed by atoms with E-state index in [0.717, 1.165) is 6.07 Å². The van der Waals surface area contributed by atoms with Crippen LogP contribution in [0.3, 0.4) is 0 Å². The molecule has 27 heavy (non-hydrogen) atoms. The minimum Gasteiger partial charge on any atom is -0.502 e. The topological polar surface area (TPSA) is 113 Å². The number of hydrogen-bond acceptors (Lipinski definition) is 6. The molecule has 2 aliphatic heterocycles. The van der Waals surface area contributed by atoms with Gasteiger partial charge in [0, 0.05) is 31.7 Å². The third-order valence-corrected chi connectivity index (χ3v) is 4.79. The molecule has 9 nitrogen and oxygen atoms in total. The van der Waals surface area contributed by atoms with Gasteiger partial charge in [0.2, 0.25) is 0 Å². The maximum absolute atomic E-state index is 12.7. The van der Waals surface area contributed by atoms with E-state index >= 15 is 0 Å². The smallest absolute Gasteiger partial charge is 0.410 e. The average Bonchev–Trinajstić information content (AvgIpc) is 2.88. The van der Waals surface area contributed by atoms with Crippen LogP contribution in [-0.4, -0.2) is 56.6 Å². The molecule has 2 heterocycles. The van der Waals surface area contributed by atoms with E-state index in [-0.39, 0.29) is 23.6 Å². The number of hydrogen-bond donors (Lipinski definition) is 1. The first-order valence-electron chi connectivity index (χ1n) is 8.86. The molecule has 0 unspecified atom stereocenters. The Morgan fingerprint density at radius 2 is 1.93 bits per heavy atom. The number of rotatable bonds is 2. The number of ether oxygens (including phenoxy) is 1. The normalized spacial score (nSPS) is 17.8. The number of nitro benzene ring substituents is 1. The van der Waals surface area contributed by atoms with Crippen LogP contribution < -0.4 is 0 Å². The van der Waals surface area contributed by atoms with Gasteiger partial charge in [-0.25, -0.2) is 4.79 Å². The van der Waals surface area contributed by atoms with Crippen LogP contribution in [0.2, 0.25) is 0 Å². The highest BCUT2D eigenvalue weighted by Gasteiger charge is 2.37. The predicted molar refractivity (Wildman–Crippen MR) is 95.5 cm³/mol. The van der Waals surface area contributed by atoms with Crippen molar-refractivity contribution in [2.24, 2.45) is 0 Å². The average molecular weight is 377 g/mol. The number of likely N-dealkylation sites (tertiary alicyclic amines) is 1. The SMILES string of the molecule is CC(C)(C)OC(=O)N1CCC(N2Cc3cc(O)c([N+](=O)[O-])cc3C2=O)CC1. The molecule has 0 aromatic heterocycles. The number of piperidine rings is 1. The molecular weight excluding hydrogens is 354 g/mol. The molecule has 0 spiro atoms. The van der Waals surface area contributed by atoms with Crippen LogP contribution in [0.4, 0.5) is 10.5 Å². The van der Waals surface area contributed by atoms with Crippen molar-refractivity contribution >= 4 is 17.7 Å². The number of fused-ring (bicyclic) bond motifs is 1. The fraction of sp³-hybridized carbons (Fsp3) is 0.556. The molecule has 1 saturated heterocycles. The lowest BCUT2D eigenvalue weighted by atomic mass is 10.0. The first-order chi connectivity index (χ1) is 12.6. The van der Waals surface area contributed by atoms with E-state index in [1.54, 1.807) is 9.80 Å². The molecule has 0 atom stereocenters. The largest absolute Gasteiger partial charge is 0.502 e. The van der Waals surface area contributed by atoms with E-state index in [4.69, 9.17) is 4.74 Å². The number of phenols is 1. The molecule has 1 N–H and O–H groups in total. The number of carbonyl (C=O) groups is 2. The molecule has 0 radical (unpaired) electrons. The van der Waals surface area contributed by atoms with Crippen molar-refractivity contribution in [3.05, 3.63) is 33.4 Å². The van der Waals surface area contributed by atoms with Crippen molar-refractivity contribution < 1.29 is 24.4 Å². The number of nitrogens with zero attached hydrogens (tertiary/aromatic N) is 3. The van der Waals surface area contributed by atoms with Gasteiger partial charge in [-0.05, 0) is 45.2 Å². The van der Waals surface area contributed by atoms with Crippen molar-refractivity contribution in [1.82, 2.24) is 9.80 Å². The Labute approximate surface area is 156 Å². The summed E-state index contributed by atoms with van der Waals surface area (Å²) in [6.07, 6.45) is 0.845. The van der Waals surface area contributed by atoms with E-state index in [1.165, 1.54) is 6.07 Å². The fourth-order valence-electron chi connectivity index (χ4n) is 3.49. The summed E-state index contributed by atoms with van der Waals surface area (Å²) in [7, 11) is 0. The number of nitro groups is 1. The highest BCUT2D eigenvalue weighted by molar-refractivity contribution is 5.99. The maximum atomic E-state index is 12.7. The van der Waals surface area contributed by atoms with E-state index < -0.39 is 22.0 Å². The lowest BCUT2D eigenvalue weighted by Crippen LogP contribution is -2.48. The van der Waals surface area contributed by atoms with Crippen LogP contribution in [-0.2, 0) is 11.3 Å². The number of carbonyl (C=O) groups excluding carboxylic acids is 2. The molecular formula is C18H23N3O6. The van der Waals surface area contributed by atoms with Gasteiger partial charge in [-0.15, -0.1) is 0 Å². The lowest BCUT2D eigenvalue weighted by molar-refractivity contribution is -0.385. The molecule has 1 fully saturated rings. The van der Waals surface area contributed by atoms with Crippen LogP contribution in [0.5, 0.6) is 5.75 Å². The Morgan fingerprint density at radius 3 is 2.48 bits per heavy atom. The second kappa shape index (κ2) is 6.71. The van der Waals surface area contributed by atoms with Gasteiger partial charge in [-0.3, -0.25) is 14.9 Å². The van der Waals surface area contributed by atoms with Gasteiger partial charge in [0.25, 0.3) is 5.91 Å². The van der Waals surface area contributed by atoms with Crippen molar-refractivity contribution in [2.75, 3.05) is 13.1 Å². The molecule has 1 aromatic rings. The Bertz CT molecular complexity index is 793. The lowest BCUT2D eigenvalue weighted by Gasteiger charge is -2.37. The summed E-state index contributed by atoms with van der Waals surface area (Å²) in [6, 6.07) is 2.37. The van der Waals surface area contributed by atoms with Gasteiger partial charge >= 0.3 is 11.8 Å². The zero-order valence-electron chi connectivity index (χ0n) is 15.6. The highest BCUT2D eigenvalue weighted by Crippen LogP contribution is 2.36. The molecule has 1 aromatic carbocycles. The third kappa shape index (κ3) is 3.81. The highest BCUT2D eigenvalue weighted by atomic mass is 16.6. The molecule has 0 aliphatic carbocycles. The Morgan fingerprint density at radius 1 is 1.30 bits per heavy atom. The summed E-state index contributed by atoms with van der Waals surface area (Å²) in [5.74, 6) is -0.711. The second-order valence-corrected chi connectivity index (χ2v) is 7.89. The third-order valence-electron chi connectivity index (χ3n) is 4.79. The zero-order valence-corrected chi connectivity index (χ0v) is 15.6. The summed E-state index contributed by atoms with van der Waals surface area (Å²) in [6.45, 7) is 6.69. The number of amides is 2. The Balaban J connectivity index is 1.67.